The maximum Gasteiger partial charge on any atom is 0.392 e. The average molecular weight is 376 g/mol. The minimum absolute atomic E-state index is 0.0222. The van der Waals surface area contributed by atoms with Gasteiger partial charge in [-0.3, -0.25) is 9.78 Å². The lowest BCUT2D eigenvalue weighted by Crippen LogP contribution is -2.32. The van der Waals surface area contributed by atoms with Crippen LogP contribution >= 0.6 is 0 Å². The largest absolute Gasteiger partial charge is 0.392 e. The van der Waals surface area contributed by atoms with Crippen LogP contribution in [-0.4, -0.2) is 36.8 Å². The maximum absolute atomic E-state index is 12.9. The van der Waals surface area contributed by atoms with Gasteiger partial charge in [0, 0.05) is 13.0 Å². The van der Waals surface area contributed by atoms with Crippen LogP contribution in [0, 0.1) is 5.92 Å². The van der Waals surface area contributed by atoms with E-state index in [9.17, 15) is 18.0 Å². The molecule has 0 spiro atoms. The van der Waals surface area contributed by atoms with Gasteiger partial charge in [0.25, 0.3) is 5.91 Å². The van der Waals surface area contributed by atoms with Crippen LogP contribution in [0.5, 0.6) is 0 Å². The molecular formula is C17H15F3N6O. The van der Waals surface area contributed by atoms with Crippen molar-refractivity contribution in [3.8, 4) is 0 Å². The van der Waals surface area contributed by atoms with Gasteiger partial charge >= 0.3 is 6.18 Å². The molecule has 7 nitrogen and oxygen atoms in total. The number of hydrogen-bond donors (Lipinski definition) is 1. The van der Waals surface area contributed by atoms with E-state index >= 15 is 0 Å². The van der Waals surface area contributed by atoms with Crippen LogP contribution in [0.25, 0.3) is 11.0 Å². The normalized spacial score (nSPS) is 16.9. The van der Waals surface area contributed by atoms with Crippen LogP contribution in [0.4, 0.5) is 13.2 Å². The Morgan fingerprint density at radius 1 is 1.22 bits per heavy atom. The van der Waals surface area contributed by atoms with Crippen molar-refractivity contribution in [2.24, 2.45) is 5.92 Å². The third-order valence-electron chi connectivity index (χ3n) is 4.59. The molecule has 27 heavy (non-hydrogen) atoms. The van der Waals surface area contributed by atoms with Gasteiger partial charge in [-0.05, 0) is 18.6 Å². The molecule has 0 bridgehead atoms. The first-order valence-electron chi connectivity index (χ1n) is 8.39. The number of halogens is 3. The summed E-state index contributed by atoms with van der Waals surface area (Å²) in [5.41, 5.74) is 1.44. The highest BCUT2D eigenvalue weighted by molar-refractivity contribution is 5.93. The van der Waals surface area contributed by atoms with Crippen molar-refractivity contribution in [1.82, 2.24) is 30.0 Å². The first-order chi connectivity index (χ1) is 12.9. The van der Waals surface area contributed by atoms with Crippen molar-refractivity contribution >= 4 is 16.9 Å². The molecule has 1 aromatic carbocycles. The van der Waals surface area contributed by atoms with Crippen LogP contribution in [0.2, 0.25) is 0 Å². The number of nitrogens with one attached hydrogen (secondary N) is 1. The first-order valence-corrected chi connectivity index (χ1v) is 8.39. The number of aromatic nitrogens is 5. The molecule has 0 unspecified atom stereocenters. The number of nitrogens with zero attached hydrogens (tertiary/aromatic N) is 5. The number of amides is 1. The summed E-state index contributed by atoms with van der Waals surface area (Å²) >= 11 is 0. The number of alkyl halides is 3. The monoisotopic (exact) mass is 376 g/mol. The standard InChI is InChI=1S/C17H15F3N6O/c18-17(19,20)10-5-6-26-14(7-10)24-25-15(26)9-22-16(27)13-8-21-11-3-1-2-4-12(11)23-13/h1-4,8,10H,5-7,9H2,(H,22,27)/t10-/m0/s1. The number of fused-ring (bicyclic) bond motifs is 2. The number of carbonyl (C=O) groups excluding carboxylic acids is 1. The summed E-state index contributed by atoms with van der Waals surface area (Å²) in [6.07, 6.45) is -3.07. The van der Waals surface area contributed by atoms with Gasteiger partial charge in [0.15, 0.2) is 5.82 Å². The zero-order valence-corrected chi connectivity index (χ0v) is 14.1. The van der Waals surface area contributed by atoms with Gasteiger partial charge in [0.1, 0.15) is 11.5 Å². The number of para-hydroxylation sites is 2. The lowest BCUT2D eigenvalue weighted by Gasteiger charge is -2.25. The fraction of sp³-hybridized carbons (Fsp3) is 0.353. The van der Waals surface area contributed by atoms with Crippen molar-refractivity contribution in [3.63, 3.8) is 0 Å². The molecule has 0 fully saturated rings. The Bertz CT molecular complexity index is 1000. The summed E-state index contributed by atoms with van der Waals surface area (Å²) < 4.78 is 40.2. The van der Waals surface area contributed by atoms with Gasteiger partial charge in [0.05, 0.1) is 29.7 Å². The van der Waals surface area contributed by atoms with Gasteiger partial charge < -0.3 is 9.88 Å². The number of benzene rings is 1. The van der Waals surface area contributed by atoms with Crippen LogP contribution < -0.4 is 5.32 Å². The Kier molecular flexibility index (Phi) is 4.25. The molecule has 1 amide bonds. The van der Waals surface area contributed by atoms with Crippen LogP contribution in [0.3, 0.4) is 0 Å². The second-order valence-corrected chi connectivity index (χ2v) is 6.34. The Morgan fingerprint density at radius 3 is 2.78 bits per heavy atom. The topological polar surface area (TPSA) is 85.6 Å². The third-order valence-corrected chi connectivity index (χ3v) is 4.59. The second kappa shape index (κ2) is 6.60. The molecule has 140 valence electrons. The minimum Gasteiger partial charge on any atom is -0.343 e. The molecule has 0 saturated heterocycles. The predicted molar refractivity (Wildman–Crippen MR) is 88.6 cm³/mol. The maximum atomic E-state index is 12.9. The van der Waals surface area contributed by atoms with Crippen LogP contribution in [-0.2, 0) is 19.5 Å². The summed E-state index contributed by atoms with van der Waals surface area (Å²) in [7, 11) is 0. The molecule has 0 saturated carbocycles. The highest BCUT2D eigenvalue weighted by Crippen LogP contribution is 2.34. The van der Waals surface area contributed by atoms with Crippen molar-refractivity contribution in [2.75, 3.05) is 0 Å². The molecule has 3 heterocycles. The van der Waals surface area contributed by atoms with E-state index in [1.165, 1.54) is 6.20 Å². The van der Waals surface area contributed by atoms with E-state index in [1.54, 1.807) is 22.8 Å². The van der Waals surface area contributed by atoms with E-state index in [0.29, 0.717) is 22.7 Å². The number of carbonyl (C=O) groups is 1. The molecule has 0 radical (unpaired) electrons. The van der Waals surface area contributed by atoms with Gasteiger partial charge in [0.2, 0.25) is 0 Å². The number of rotatable bonds is 3. The summed E-state index contributed by atoms with van der Waals surface area (Å²) in [5.74, 6) is -1.12. The molecule has 1 aliphatic rings. The van der Waals surface area contributed by atoms with Crippen LogP contribution in [0.15, 0.2) is 30.5 Å². The second-order valence-electron chi connectivity index (χ2n) is 6.34. The zero-order valence-electron chi connectivity index (χ0n) is 14.1. The summed E-state index contributed by atoms with van der Waals surface area (Å²) in [5, 5.41) is 10.4. The van der Waals surface area contributed by atoms with Gasteiger partial charge in [-0.2, -0.15) is 13.2 Å². The SMILES string of the molecule is O=C(NCc1nnc2n1CC[C@H](C(F)(F)F)C2)c1cnc2ccccc2n1. The smallest absolute Gasteiger partial charge is 0.343 e. The fourth-order valence-corrected chi connectivity index (χ4v) is 3.12. The average Bonchev–Trinajstić information content (AvgIpc) is 3.07. The van der Waals surface area contributed by atoms with Crippen molar-refractivity contribution in [3.05, 3.63) is 47.8 Å². The summed E-state index contributed by atoms with van der Waals surface area (Å²) in [6.45, 7) is 0.227. The molecule has 0 aliphatic carbocycles. The Labute approximate surface area is 151 Å². The molecular weight excluding hydrogens is 361 g/mol. The molecule has 4 rings (SSSR count). The van der Waals surface area contributed by atoms with Crippen molar-refractivity contribution in [2.45, 2.75) is 32.1 Å². The van der Waals surface area contributed by atoms with Gasteiger partial charge in [-0.1, -0.05) is 12.1 Å². The van der Waals surface area contributed by atoms with Gasteiger partial charge in [-0.25, -0.2) is 4.98 Å². The molecule has 1 atom stereocenters. The Morgan fingerprint density at radius 2 is 2.00 bits per heavy atom. The zero-order chi connectivity index (χ0) is 19.0. The molecule has 3 aromatic rings. The molecule has 1 aliphatic heterocycles. The molecule has 2 aromatic heterocycles. The highest BCUT2D eigenvalue weighted by Gasteiger charge is 2.42. The lowest BCUT2D eigenvalue weighted by atomic mass is 9.97. The van der Waals surface area contributed by atoms with Crippen molar-refractivity contribution < 1.29 is 18.0 Å². The number of hydrogen-bond acceptors (Lipinski definition) is 5. The lowest BCUT2D eigenvalue weighted by molar-refractivity contribution is -0.179. The molecule has 1 N–H and O–H groups in total. The summed E-state index contributed by atoms with van der Waals surface area (Å²) in [6, 6.07) is 7.18. The van der Waals surface area contributed by atoms with E-state index in [0.717, 1.165) is 0 Å². The Balaban J connectivity index is 1.45. The van der Waals surface area contributed by atoms with E-state index in [4.69, 9.17) is 0 Å². The molecule has 10 heteroatoms. The van der Waals surface area contributed by atoms with E-state index in [-0.39, 0.29) is 31.6 Å². The van der Waals surface area contributed by atoms with E-state index in [2.05, 4.69) is 25.5 Å². The Hall–Kier alpha value is -3.04. The van der Waals surface area contributed by atoms with E-state index in [1.807, 2.05) is 6.07 Å². The van der Waals surface area contributed by atoms with E-state index < -0.39 is 18.0 Å². The summed E-state index contributed by atoms with van der Waals surface area (Å²) in [4.78, 5) is 20.8. The van der Waals surface area contributed by atoms with Gasteiger partial charge in [-0.15, -0.1) is 10.2 Å². The fourth-order valence-electron chi connectivity index (χ4n) is 3.12. The minimum atomic E-state index is -4.24. The first kappa shape index (κ1) is 17.4. The highest BCUT2D eigenvalue weighted by atomic mass is 19.4. The third kappa shape index (κ3) is 3.46. The predicted octanol–water partition coefficient (Wildman–Crippen LogP) is 2.28. The van der Waals surface area contributed by atoms with Crippen molar-refractivity contribution in [1.29, 1.82) is 0 Å². The quantitative estimate of drug-likeness (QED) is 0.758. The van der Waals surface area contributed by atoms with Crippen LogP contribution in [0.1, 0.15) is 28.6 Å².